The Morgan fingerprint density at radius 3 is 2.36 bits per heavy atom. The Morgan fingerprint density at radius 2 is 1.78 bits per heavy atom. The van der Waals surface area contributed by atoms with Crippen molar-refractivity contribution in [1.29, 1.82) is 0 Å². The van der Waals surface area contributed by atoms with Gasteiger partial charge in [-0.25, -0.2) is 0 Å². The first kappa shape index (κ1) is 25.1. The van der Waals surface area contributed by atoms with Crippen LogP contribution in [0.25, 0.3) is 0 Å². The van der Waals surface area contributed by atoms with Gasteiger partial charge in [-0.3, -0.25) is 29.3 Å². The molecule has 0 bridgehead atoms. The topological polar surface area (TPSA) is 171 Å². The van der Waals surface area contributed by atoms with Crippen molar-refractivity contribution in [3.8, 4) is 5.75 Å². The van der Waals surface area contributed by atoms with Crippen LogP contribution in [0.5, 0.6) is 5.75 Å². The highest BCUT2D eigenvalue weighted by atomic mass is 16.6. The fraction of sp³-hybridized carbons (Fsp3) is 0.400. The first-order valence-corrected chi connectivity index (χ1v) is 11.3. The number of esters is 1. The minimum absolute atomic E-state index is 0.0240. The molecule has 0 radical (unpaired) electrons. The number of benzene rings is 1. The average molecular weight is 498 g/mol. The summed E-state index contributed by atoms with van der Waals surface area (Å²) in [6, 6.07) is 3.03. The van der Waals surface area contributed by atoms with E-state index in [1.165, 1.54) is 6.07 Å². The molecule has 0 saturated carbocycles. The number of aromatic hydroxyl groups is 1. The van der Waals surface area contributed by atoms with Gasteiger partial charge in [-0.1, -0.05) is 0 Å². The number of ketones is 2. The van der Waals surface area contributed by atoms with Gasteiger partial charge in [-0.2, -0.15) is 0 Å². The van der Waals surface area contributed by atoms with E-state index in [-0.39, 0.29) is 29.7 Å². The van der Waals surface area contributed by atoms with Crippen LogP contribution in [0, 0.1) is 11.8 Å². The summed E-state index contributed by atoms with van der Waals surface area (Å²) in [6.45, 7) is 2.07. The number of aliphatic hydroxyl groups excluding tert-OH is 1. The Balaban J connectivity index is 1.99. The lowest BCUT2D eigenvalue weighted by atomic mass is 9.60. The summed E-state index contributed by atoms with van der Waals surface area (Å²) in [4.78, 5) is 64.3. The summed E-state index contributed by atoms with van der Waals surface area (Å²) in [6.07, 6.45) is -0.134. The number of fused-ring (bicyclic) bond motifs is 3. The van der Waals surface area contributed by atoms with E-state index in [1.807, 2.05) is 5.32 Å². The summed E-state index contributed by atoms with van der Waals surface area (Å²) < 4.78 is 5.32. The fourth-order valence-electron chi connectivity index (χ4n) is 5.48. The largest absolute Gasteiger partial charge is 0.508 e. The molecule has 0 spiro atoms. The van der Waals surface area contributed by atoms with Gasteiger partial charge in [0.1, 0.15) is 17.1 Å². The minimum atomic E-state index is -2.56. The van der Waals surface area contributed by atoms with Crippen molar-refractivity contribution in [3.63, 3.8) is 0 Å². The maximum Gasteiger partial charge on any atom is 0.307 e. The van der Waals surface area contributed by atoms with Gasteiger partial charge in [-0.15, -0.1) is 0 Å². The Labute approximate surface area is 206 Å². The normalized spacial score (nSPS) is 25.0. The molecule has 0 saturated heterocycles. The van der Waals surface area contributed by atoms with Crippen LogP contribution in [-0.2, 0) is 30.3 Å². The molecular weight excluding hydrogens is 472 g/mol. The molecule has 3 unspecified atom stereocenters. The van der Waals surface area contributed by atoms with Crippen molar-refractivity contribution in [1.82, 2.24) is 5.32 Å². The van der Waals surface area contributed by atoms with E-state index in [1.54, 1.807) is 25.1 Å². The number of nitrogens with zero attached hydrogens (tertiary/aromatic N) is 1. The molecular formula is C25H26N2O9. The molecule has 11 nitrogen and oxygen atoms in total. The van der Waals surface area contributed by atoms with E-state index in [0.717, 1.165) is 13.8 Å². The number of anilines is 1. The number of nitrogens with one attached hydrogen (secondary N) is 1. The number of phenols is 1. The van der Waals surface area contributed by atoms with Crippen LogP contribution in [0.1, 0.15) is 42.6 Å². The summed E-state index contributed by atoms with van der Waals surface area (Å²) in [5, 5.41) is 35.3. The van der Waals surface area contributed by atoms with Crippen molar-refractivity contribution < 1.29 is 44.0 Å². The molecule has 0 aliphatic heterocycles. The monoisotopic (exact) mass is 498 g/mol. The lowest BCUT2D eigenvalue weighted by molar-refractivity contribution is -0.145. The van der Waals surface area contributed by atoms with Crippen molar-refractivity contribution in [2.45, 2.75) is 38.7 Å². The number of carbonyl (C=O) groups is 5. The number of hydrogen-bond donors (Lipinski definition) is 4. The predicted octanol–water partition coefficient (Wildman–Crippen LogP) is 0.829. The maximum atomic E-state index is 13.8. The lowest BCUT2D eigenvalue weighted by Crippen LogP contribution is -2.55. The number of amides is 2. The number of Topliss-reactive ketones (excluding diaryl/α,β-unsaturated/α-hetero) is 2. The van der Waals surface area contributed by atoms with Gasteiger partial charge in [0.25, 0.3) is 5.91 Å². The number of carbonyl (C=O) groups excluding carboxylic acids is 5. The fourth-order valence-corrected chi connectivity index (χ4v) is 5.48. The molecule has 3 atom stereocenters. The third-order valence-electron chi connectivity index (χ3n) is 6.90. The Hall–Kier alpha value is -3.99. The first-order chi connectivity index (χ1) is 16.8. The molecule has 190 valence electrons. The van der Waals surface area contributed by atoms with Gasteiger partial charge in [-0.05, 0) is 36.5 Å². The van der Waals surface area contributed by atoms with Gasteiger partial charge in [0.2, 0.25) is 5.91 Å². The van der Waals surface area contributed by atoms with E-state index >= 15 is 0 Å². The number of ether oxygens (including phenoxy) is 1. The van der Waals surface area contributed by atoms with E-state index < -0.39 is 70.3 Å². The molecule has 1 aromatic rings. The number of aliphatic hydroxyl groups is 2. The van der Waals surface area contributed by atoms with Crippen molar-refractivity contribution in [3.05, 3.63) is 45.9 Å². The maximum absolute atomic E-state index is 13.8. The van der Waals surface area contributed by atoms with Crippen LogP contribution in [0.3, 0.4) is 0 Å². The summed E-state index contributed by atoms with van der Waals surface area (Å²) in [5.74, 6) is -8.07. The zero-order chi connectivity index (χ0) is 26.7. The molecule has 3 aliphatic rings. The number of phenolic OH excluding ortho intramolecular Hbond substituents is 1. The van der Waals surface area contributed by atoms with Gasteiger partial charge < -0.3 is 25.0 Å². The quantitative estimate of drug-likeness (QED) is 0.346. The standard InChI is InChI=1S/C25H26N2O9/c1-10(28)26-24(34)20-17(31)9-13-7-12-8-14-15(27(3)4)5-6-16(30)19(14)21(32)18(12)23(36-11(2)29)25(13,35)22(20)33/h5-6,12-13,30,33,35H,7-9H2,1-4H3,(H,26,28,34). The molecule has 0 heterocycles. The second-order valence-electron chi connectivity index (χ2n) is 9.48. The zero-order valence-corrected chi connectivity index (χ0v) is 20.2. The van der Waals surface area contributed by atoms with Crippen molar-refractivity contribution >= 4 is 35.0 Å². The van der Waals surface area contributed by atoms with Crippen LogP contribution >= 0.6 is 0 Å². The molecule has 36 heavy (non-hydrogen) atoms. The first-order valence-electron chi connectivity index (χ1n) is 11.3. The van der Waals surface area contributed by atoms with Crippen LogP contribution in [0.15, 0.2) is 34.8 Å². The van der Waals surface area contributed by atoms with Crippen molar-refractivity contribution in [2.75, 3.05) is 19.0 Å². The molecule has 1 aromatic carbocycles. The van der Waals surface area contributed by atoms with Crippen LogP contribution in [0.2, 0.25) is 0 Å². The highest BCUT2D eigenvalue weighted by Crippen LogP contribution is 2.54. The third-order valence-corrected chi connectivity index (χ3v) is 6.90. The van der Waals surface area contributed by atoms with Crippen molar-refractivity contribution in [2.24, 2.45) is 11.8 Å². The number of rotatable bonds is 3. The van der Waals surface area contributed by atoms with Crippen LogP contribution < -0.4 is 10.2 Å². The second kappa shape index (κ2) is 8.59. The SMILES string of the molecule is CC(=O)NC(=O)C1=C(O)C2(O)C(OC(C)=O)=C3C(=O)c4c(O)ccc(N(C)C)c4CC3CC2CC1=O. The minimum Gasteiger partial charge on any atom is -0.508 e. The second-order valence-corrected chi connectivity index (χ2v) is 9.48. The summed E-state index contributed by atoms with van der Waals surface area (Å²) >= 11 is 0. The molecule has 0 fully saturated rings. The number of imide groups is 1. The summed E-state index contributed by atoms with van der Waals surface area (Å²) in [7, 11) is 3.56. The van der Waals surface area contributed by atoms with Gasteiger partial charge >= 0.3 is 5.97 Å². The third kappa shape index (κ3) is 3.67. The van der Waals surface area contributed by atoms with E-state index in [9.17, 15) is 39.3 Å². The molecule has 4 rings (SSSR count). The highest BCUT2D eigenvalue weighted by molar-refractivity contribution is 6.23. The Morgan fingerprint density at radius 1 is 1.11 bits per heavy atom. The zero-order valence-electron chi connectivity index (χ0n) is 20.2. The molecule has 3 aliphatic carbocycles. The number of hydrogen-bond acceptors (Lipinski definition) is 10. The smallest absolute Gasteiger partial charge is 0.307 e. The summed E-state index contributed by atoms with van der Waals surface area (Å²) in [5.41, 5.74) is -2.31. The van der Waals surface area contributed by atoms with Crippen LogP contribution in [0.4, 0.5) is 5.69 Å². The average Bonchev–Trinajstić information content (AvgIpc) is 2.74. The predicted molar refractivity (Wildman–Crippen MR) is 124 cm³/mol. The van der Waals surface area contributed by atoms with E-state index in [0.29, 0.717) is 11.3 Å². The lowest BCUT2D eigenvalue weighted by Gasteiger charge is -2.47. The van der Waals surface area contributed by atoms with E-state index in [4.69, 9.17) is 4.74 Å². The molecule has 4 N–H and O–H groups in total. The molecule has 2 amide bonds. The Kier molecular flexibility index (Phi) is 5.99. The van der Waals surface area contributed by atoms with E-state index in [2.05, 4.69) is 0 Å². The Bertz CT molecular complexity index is 1310. The van der Waals surface area contributed by atoms with Gasteiger partial charge in [0.05, 0.1) is 5.56 Å². The highest BCUT2D eigenvalue weighted by Gasteiger charge is 2.59. The molecule has 11 heteroatoms. The van der Waals surface area contributed by atoms with Gasteiger partial charge in [0, 0.05) is 51.5 Å². The van der Waals surface area contributed by atoms with Crippen LogP contribution in [-0.4, -0.2) is 64.4 Å². The van der Waals surface area contributed by atoms with Gasteiger partial charge in [0.15, 0.2) is 22.9 Å². The molecule has 0 aromatic heterocycles. The number of allylic oxidation sites excluding steroid dienone is 1.